The van der Waals surface area contributed by atoms with E-state index in [9.17, 15) is 0 Å². The summed E-state index contributed by atoms with van der Waals surface area (Å²) in [6.45, 7) is 6.48. The third-order valence-corrected chi connectivity index (χ3v) is 5.29. The van der Waals surface area contributed by atoms with Crippen molar-refractivity contribution in [2.24, 2.45) is 10.9 Å². The van der Waals surface area contributed by atoms with Gasteiger partial charge in [0, 0.05) is 31.4 Å². The highest BCUT2D eigenvalue weighted by Gasteiger charge is 2.18. The molecule has 0 aromatic carbocycles. The van der Waals surface area contributed by atoms with Crippen molar-refractivity contribution in [1.82, 2.24) is 15.5 Å². The Morgan fingerprint density at radius 1 is 1.35 bits per heavy atom. The van der Waals surface area contributed by atoms with E-state index in [4.69, 9.17) is 4.99 Å². The van der Waals surface area contributed by atoms with Crippen molar-refractivity contribution in [2.75, 3.05) is 44.7 Å². The molecular formula is C15H30N4S. The molecule has 4 nitrogen and oxygen atoms in total. The Morgan fingerprint density at radius 3 is 2.95 bits per heavy atom. The highest BCUT2D eigenvalue weighted by atomic mass is 32.2. The number of guanidine groups is 1. The van der Waals surface area contributed by atoms with E-state index in [1.807, 2.05) is 0 Å². The van der Waals surface area contributed by atoms with E-state index in [0.29, 0.717) is 6.04 Å². The monoisotopic (exact) mass is 298 g/mol. The second kappa shape index (κ2) is 8.78. The molecule has 0 aromatic heterocycles. The molecule has 2 aliphatic rings. The minimum Gasteiger partial charge on any atom is -0.357 e. The van der Waals surface area contributed by atoms with Crippen LogP contribution in [0.5, 0.6) is 0 Å². The predicted octanol–water partition coefficient (Wildman–Crippen LogP) is 1.78. The number of nitrogens with one attached hydrogen (secondary N) is 2. The standard InChI is InChI=1S/C15H30N4S/c1-3-16-15(18-14-7-5-9-20-12-14)17-10-13-6-4-8-19(2)11-13/h13-14H,3-12H2,1-2H3,(H2,16,17,18). The number of rotatable bonds is 4. The van der Waals surface area contributed by atoms with Gasteiger partial charge in [-0.2, -0.15) is 11.8 Å². The molecule has 0 aromatic rings. The van der Waals surface area contributed by atoms with Crippen molar-refractivity contribution in [1.29, 1.82) is 0 Å². The molecule has 2 aliphatic heterocycles. The lowest BCUT2D eigenvalue weighted by molar-refractivity contribution is 0.214. The Balaban J connectivity index is 1.81. The van der Waals surface area contributed by atoms with Gasteiger partial charge in [-0.1, -0.05) is 0 Å². The average Bonchev–Trinajstić information content (AvgIpc) is 2.46. The van der Waals surface area contributed by atoms with E-state index >= 15 is 0 Å². The molecule has 116 valence electrons. The molecule has 2 fully saturated rings. The van der Waals surface area contributed by atoms with Gasteiger partial charge in [-0.25, -0.2) is 0 Å². The Morgan fingerprint density at radius 2 is 2.25 bits per heavy atom. The third-order valence-electron chi connectivity index (χ3n) is 4.08. The van der Waals surface area contributed by atoms with Crippen LogP contribution in [-0.4, -0.2) is 61.6 Å². The highest BCUT2D eigenvalue weighted by molar-refractivity contribution is 7.99. The van der Waals surface area contributed by atoms with E-state index in [1.165, 1.54) is 50.3 Å². The second-order valence-corrected chi connectivity index (χ2v) is 7.20. The number of piperidine rings is 1. The van der Waals surface area contributed by atoms with Gasteiger partial charge in [0.05, 0.1) is 0 Å². The Hall–Kier alpha value is -0.420. The zero-order valence-electron chi connectivity index (χ0n) is 13.0. The van der Waals surface area contributed by atoms with Gasteiger partial charge in [-0.3, -0.25) is 4.99 Å². The maximum Gasteiger partial charge on any atom is 0.191 e. The van der Waals surface area contributed by atoms with Crippen molar-refractivity contribution in [3.05, 3.63) is 0 Å². The molecular weight excluding hydrogens is 268 g/mol. The summed E-state index contributed by atoms with van der Waals surface area (Å²) in [7, 11) is 2.22. The summed E-state index contributed by atoms with van der Waals surface area (Å²) in [6.07, 6.45) is 5.26. The summed E-state index contributed by atoms with van der Waals surface area (Å²) in [5.74, 6) is 4.29. The zero-order chi connectivity index (χ0) is 14.2. The van der Waals surface area contributed by atoms with Gasteiger partial charge in [-0.05, 0) is 57.9 Å². The van der Waals surface area contributed by atoms with E-state index in [1.54, 1.807) is 0 Å². The lowest BCUT2D eigenvalue weighted by Gasteiger charge is -2.29. The largest absolute Gasteiger partial charge is 0.357 e. The molecule has 0 aliphatic carbocycles. The first-order valence-corrected chi connectivity index (χ1v) is 9.24. The molecule has 2 atom stereocenters. The highest BCUT2D eigenvalue weighted by Crippen LogP contribution is 2.17. The fraction of sp³-hybridized carbons (Fsp3) is 0.933. The van der Waals surface area contributed by atoms with Gasteiger partial charge in [0.15, 0.2) is 5.96 Å². The van der Waals surface area contributed by atoms with Crippen LogP contribution in [0, 0.1) is 5.92 Å². The Kier molecular flexibility index (Phi) is 7.00. The van der Waals surface area contributed by atoms with Crippen LogP contribution in [-0.2, 0) is 0 Å². The molecule has 2 heterocycles. The number of thioether (sulfide) groups is 1. The molecule has 0 saturated carbocycles. The molecule has 0 radical (unpaired) electrons. The summed E-state index contributed by atoms with van der Waals surface area (Å²) >= 11 is 2.06. The van der Waals surface area contributed by atoms with Crippen molar-refractivity contribution in [3.63, 3.8) is 0 Å². The van der Waals surface area contributed by atoms with Crippen LogP contribution in [0.15, 0.2) is 4.99 Å². The normalized spacial score (nSPS) is 29.2. The lowest BCUT2D eigenvalue weighted by Crippen LogP contribution is -2.46. The van der Waals surface area contributed by atoms with Crippen LogP contribution in [0.2, 0.25) is 0 Å². The Labute approximate surface area is 128 Å². The average molecular weight is 298 g/mol. The smallest absolute Gasteiger partial charge is 0.191 e. The third kappa shape index (κ3) is 5.52. The number of hydrogen-bond donors (Lipinski definition) is 2. The van der Waals surface area contributed by atoms with Crippen LogP contribution < -0.4 is 10.6 Å². The van der Waals surface area contributed by atoms with Crippen molar-refractivity contribution in [2.45, 2.75) is 38.6 Å². The topological polar surface area (TPSA) is 39.7 Å². The number of hydrogen-bond acceptors (Lipinski definition) is 3. The van der Waals surface area contributed by atoms with Crippen molar-refractivity contribution >= 4 is 17.7 Å². The number of likely N-dealkylation sites (tertiary alicyclic amines) is 1. The summed E-state index contributed by atoms with van der Waals surface area (Å²) in [4.78, 5) is 7.26. The van der Waals surface area contributed by atoms with Crippen molar-refractivity contribution < 1.29 is 0 Å². The zero-order valence-corrected chi connectivity index (χ0v) is 13.8. The summed E-state index contributed by atoms with van der Waals surface area (Å²) in [5.41, 5.74) is 0. The van der Waals surface area contributed by atoms with Crippen LogP contribution in [0.25, 0.3) is 0 Å². The molecule has 0 spiro atoms. The first-order chi connectivity index (χ1) is 9.78. The first-order valence-electron chi connectivity index (χ1n) is 8.09. The summed E-state index contributed by atoms with van der Waals surface area (Å²) in [5, 5.41) is 7.01. The minimum absolute atomic E-state index is 0.598. The van der Waals surface area contributed by atoms with E-state index in [0.717, 1.165) is 25.0 Å². The SMILES string of the molecule is CCNC(=NCC1CCCN(C)C1)NC1CCCSC1. The number of aliphatic imine (C=N–C) groups is 1. The van der Waals surface area contributed by atoms with Crippen LogP contribution in [0.1, 0.15) is 32.6 Å². The van der Waals surface area contributed by atoms with Gasteiger partial charge >= 0.3 is 0 Å². The van der Waals surface area contributed by atoms with Crippen molar-refractivity contribution in [3.8, 4) is 0 Å². The maximum absolute atomic E-state index is 4.82. The molecule has 5 heteroatoms. The first kappa shape index (κ1) is 16.0. The fourth-order valence-electron chi connectivity index (χ4n) is 3.01. The minimum atomic E-state index is 0.598. The second-order valence-electron chi connectivity index (χ2n) is 6.05. The van der Waals surface area contributed by atoms with Crippen LogP contribution in [0.4, 0.5) is 0 Å². The van der Waals surface area contributed by atoms with Gasteiger partial charge < -0.3 is 15.5 Å². The number of nitrogens with zero attached hydrogens (tertiary/aromatic N) is 2. The van der Waals surface area contributed by atoms with Crippen LogP contribution >= 0.6 is 11.8 Å². The molecule has 2 saturated heterocycles. The molecule has 0 bridgehead atoms. The fourth-order valence-corrected chi connectivity index (χ4v) is 4.08. The molecule has 2 rings (SSSR count). The van der Waals surface area contributed by atoms with Gasteiger partial charge in [-0.15, -0.1) is 0 Å². The van der Waals surface area contributed by atoms with E-state index in [2.05, 4.69) is 41.3 Å². The summed E-state index contributed by atoms with van der Waals surface area (Å²) in [6, 6.07) is 0.598. The molecule has 0 amide bonds. The van der Waals surface area contributed by atoms with E-state index < -0.39 is 0 Å². The molecule has 20 heavy (non-hydrogen) atoms. The van der Waals surface area contributed by atoms with E-state index in [-0.39, 0.29) is 0 Å². The molecule has 2 N–H and O–H groups in total. The van der Waals surface area contributed by atoms with Gasteiger partial charge in [0.2, 0.25) is 0 Å². The Bertz CT molecular complexity index is 302. The quantitative estimate of drug-likeness (QED) is 0.613. The van der Waals surface area contributed by atoms with Gasteiger partial charge in [0.25, 0.3) is 0 Å². The summed E-state index contributed by atoms with van der Waals surface area (Å²) < 4.78 is 0. The maximum atomic E-state index is 4.82. The molecule has 2 unspecified atom stereocenters. The predicted molar refractivity (Wildman–Crippen MR) is 89.7 cm³/mol. The van der Waals surface area contributed by atoms with Crippen LogP contribution in [0.3, 0.4) is 0 Å². The van der Waals surface area contributed by atoms with Gasteiger partial charge in [0.1, 0.15) is 0 Å². The lowest BCUT2D eigenvalue weighted by atomic mass is 9.99.